The van der Waals surface area contributed by atoms with Crippen LogP contribution in [0.25, 0.3) is 11.1 Å². The van der Waals surface area contributed by atoms with Crippen molar-refractivity contribution in [1.82, 2.24) is 18.8 Å². The maximum atomic E-state index is 14.0. The monoisotopic (exact) mass is 745 g/mol. The van der Waals surface area contributed by atoms with Crippen molar-refractivity contribution in [2.75, 3.05) is 77.9 Å². The number of methoxy groups -OCH3 is 3. The van der Waals surface area contributed by atoms with Crippen molar-refractivity contribution in [2.45, 2.75) is 64.0 Å². The molecule has 2 unspecified atom stereocenters. The highest BCUT2D eigenvalue weighted by atomic mass is 32.2. The summed E-state index contributed by atoms with van der Waals surface area (Å²) in [5.74, 6) is 1.65. The predicted octanol–water partition coefficient (Wildman–Crippen LogP) is 3.66. The first-order chi connectivity index (χ1) is 24.5. The van der Waals surface area contributed by atoms with Gasteiger partial charge < -0.3 is 29.7 Å². The van der Waals surface area contributed by atoms with Gasteiger partial charge in [0, 0.05) is 51.8 Å². The van der Waals surface area contributed by atoms with Gasteiger partial charge in [-0.1, -0.05) is 18.9 Å². The minimum absolute atomic E-state index is 0.177. The summed E-state index contributed by atoms with van der Waals surface area (Å²) < 4.78 is 47.1. The Balaban J connectivity index is 1.46. The third-order valence-corrected chi connectivity index (χ3v) is 12.6. The molecule has 2 amide bonds. The molecular weight excluding hydrogens is 695 g/mol. The molecule has 2 saturated heterocycles. The highest BCUT2D eigenvalue weighted by Gasteiger charge is 2.36. The van der Waals surface area contributed by atoms with Gasteiger partial charge in [0.05, 0.1) is 33.1 Å². The fraction of sp³-hybridized carbons (Fsp3) is 0.583. The van der Waals surface area contributed by atoms with Gasteiger partial charge >= 0.3 is 0 Å². The molecule has 51 heavy (non-hydrogen) atoms. The summed E-state index contributed by atoms with van der Waals surface area (Å²) >= 11 is 1.60. The van der Waals surface area contributed by atoms with Crippen LogP contribution in [0.1, 0.15) is 62.6 Å². The van der Waals surface area contributed by atoms with Crippen molar-refractivity contribution in [2.24, 2.45) is 0 Å². The molecule has 0 radical (unpaired) electrons. The lowest BCUT2D eigenvalue weighted by Crippen LogP contribution is -2.56. The average molecular weight is 746 g/mol. The van der Waals surface area contributed by atoms with Crippen LogP contribution in [0.15, 0.2) is 29.1 Å². The third kappa shape index (κ3) is 8.58. The van der Waals surface area contributed by atoms with Crippen molar-refractivity contribution in [3.8, 4) is 28.4 Å². The minimum atomic E-state index is -3.59. The molecule has 13 nitrogen and oxygen atoms in total. The number of hydrogen-bond donors (Lipinski definition) is 2. The molecule has 15 heteroatoms. The van der Waals surface area contributed by atoms with Gasteiger partial charge in [0.2, 0.25) is 23.0 Å². The summed E-state index contributed by atoms with van der Waals surface area (Å²) in [5, 5.41) is 6.29. The number of ether oxygens (including phenoxy) is 3. The molecule has 280 valence electrons. The maximum Gasteiger partial charge on any atom is 0.282 e. The molecular formula is C36H51N5O8S2. The van der Waals surface area contributed by atoms with Crippen molar-refractivity contribution < 1.29 is 32.2 Å². The average Bonchev–Trinajstić information content (AvgIpc) is 3.55. The van der Waals surface area contributed by atoms with E-state index in [1.165, 1.54) is 24.4 Å². The summed E-state index contributed by atoms with van der Waals surface area (Å²) in [6.07, 6.45) is 7.32. The van der Waals surface area contributed by atoms with E-state index in [2.05, 4.69) is 10.6 Å². The fourth-order valence-electron chi connectivity index (χ4n) is 7.30. The van der Waals surface area contributed by atoms with E-state index in [1.807, 2.05) is 18.4 Å². The maximum absolute atomic E-state index is 14.0. The van der Waals surface area contributed by atoms with E-state index in [9.17, 15) is 22.8 Å². The van der Waals surface area contributed by atoms with Crippen molar-refractivity contribution >= 4 is 39.5 Å². The summed E-state index contributed by atoms with van der Waals surface area (Å²) in [6.45, 7) is 3.49. The van der Waals surface area contributed by atoms with Crippen LogP contribution in [0.2, 0.25) is 0 Å². The Kier molecular flexibility index (Phi) is 13.1. The lowest BCUT2D eigenvalue weighted by Gasteiger charge is -2.38. The fourth-order valence-corrected chi connectivity index (χ4v) is 9.45. The number of anilines is 1. The van der Waals surface area contributed by atoms with Crippen LogP contribution in [0, 0.1) is 0 Å². The summed E-state index contributed by atoms with van der Waals surface area (Å²) in [5.41, 5.74) is 2.89. The molecule has 2 fully saturated rings. The van der Waals surface area contributed by atoms with Crippen LogP contribution < -0.4 is 30.3 Å². The number of fused-ring (bicyclic) bond motifs is 3. The van der Waals surface area contributed by atoms with E-state index in [-0.39, 0.29) is 49.1 Å². The van der Waals surface area contributed by atoms with Crippen LogP contribution in [-0.4, -0.2) is 112 Å². The van der Waals surface area contributed by atoms with Crippen molar-refractivity contribution in [3.05, 3.63) is 45.6 Å². The molecule has 2 aromatic carbocycles. The van der Waals surface area contributed by atoms with Gasteiger partial charge in [0.25, 0.3) is 10.2 Å². The largest absolute Gasteiger partial charge is 0.493 e. The molecule has 1 aliphatic carbocycles. The Hall–Kier alpha value is -3.53. The molecule has 2 aromatic rings. The first-order valence-corrected chi connectivity index (χ1v) is 20.4. The number of piperazine rings is 1. The smallest absolute Gasteiger partial charge is 0.282 e. The number of rotatable bonds is 12. The lowest BCUT2D eigenvalue weighted by molar-refractivity contribution is -0.133. The Morgan fingerprint density at radius 1 is 0.922 bits per heavy atom. The van der Waals surface area contributed by atoms with Gasteiger partial charge in [0.1, 0.15) is 6.04 Å². The van der Waals surface area contributed by atoms with Crippen LogP contribution in [-0.2, 0) is 26.2 Å². The molecule has 3 aliphatic rings. The lowest BCUT2D eigenvalue weighted by atomic mass is 9.95. The van der Waals surface area contributed by atoms with Crippen LogP contribution in [0.5, 0.6) is 17.2 Å². The number of carbonyl (C=O) groups excluding carboxylic acids is 2. The van der Waals surface area contributed by atoms with Crippen LogP contribution in [0.3, 0.4) is 0 Å². The normalized spacial score (nSPS) is 19.1. The molecule has 2 aliphatic heterocycles. The number of nitrogens with one attached hydrogen (secondary N) is 2. The Bertz CT molecular complexity index is 1740. The Morgan fingerprint density at radius 3 is 2.20 bits per heavy atom. The van der Waals surface area contributed by atoms with Gasteiger partial charge in [-0.05, 0) is 79.0 Å². The SMILES string of the molecule is COc1cc2c(c(OC)c1OC)-c1ccc(NC(CCSC)C(=O)N3CCN(S(=O)(=O)N4CCCCCC4)CC3)c(=O)cc1C(NC(C)=O)CC2. The Morgan fingerprint density at radius 2 is 1.59 bits per heavy atom. The zero-order valence-corrected chi connectivity index (χ0v) is 31.9. The first-order valence-electron chi connectivity index (χ1n) is 17.6. The van der Waals surface area contributed by atoms with E-state index in [4.69, 9.17) is 14.2 Å². The summed E-state index contributed by atoms with van der Waals surface area (Å²) in [6, 6.07) is 5.77. The van der Waals surface area contributed by atoms with Crippen LogP contribution >= 0.6 is 11.8 Å². The van der Waals surface area contributed by atoms with E-state index in [0.717, 1.165) is 36.8 Å². The zero-order valence-electron chi connectivity index (χ0n) is 30.3. The highest BCUT2D eigenvalue weighted by molar-refractivity contribution is 7.98. The Labute approximate surface area is 305 Å². The van der Waals surface area contributed by atoms with Gasteiger partial charge in [-0.25, -0.2) is 0 Å². The summed E-state index contributed by atoms with van der Waals surface area (Å²) in [4.78, 5) is 42.1. The second-order valence-electron chi connectivity index (χ2n) is 13.1. The number of thioether (sulfide) groups is 1. The standard InChI is InChI=1S/C36H51N5O8S2/c1-24(42)37-28-12-10-25-22-32(47-2)34(48-3)35(49-4)33(25)26-11-13-29(31(43)23-27(26)28)38-30(14-21-50-5)36(44)39-17-19-41(20-18-39)51(45,46)40-15-8-6-7-9-16-40/h11,13,22-23,28,30H,6-10,12,14-21H2,1-5H3,(H,37,42)(H,38,43). The number of aryl methyl sites for hydroxylation is 1. The molecule has 2 atom stereocenters. The van der Waals surface area contributed by atoms with Crippen LogP contribution in [0.4, 0.5) is 5.69 Å². The van der Waals surface area contributed by atoms with Crippen molar-refractivity contribution in [1.29, 1.82) is 0 Å². The molecule has 2 N–H and O–H groups in total. The third-order valence-electron chi connectivity index (χ3n) is 9.92. The van der Waals surface area contributed by atoms with E-state index < -0.39 is 22.3 Å². The topological polar surface area (TPSA) is 147 Å². The van der Waals surface area contributed by atoms with Gasteiger partial charge in [0.15, 0.2) is 11.5 Å². The molecule has 0 aromatic heterocycles. The van der Waals surface area contributed by atoms with Gasteiger partial charge in [-0.3, -0.25) is 14.4 Å². The first kappa shape index (κ1) is 38.7. The number of amides is 2. The van der Waals surface area contributed by atoms with E-state index in [0.29, 0.717) is 66.5 Å². The molecule has 2 heterocycles. The molecule has 0 spiro atoms. The van der Waals surface area contributed by atoms with Crippen molar-refractivity contribution in [3.63, 3.8) is 0 Å². The number of nitrogens with zero attached hydrogens (tertiary/aromatic N) is 3. The summed E-state index contributed by atoms with van der Waals surface area (Å²) in [7, 11) is 1.05. The molecule has 0 bridgehead atoms. The molecule has 0 saturated carbocycles. The second-order valence-corrected chi connectivity index (χ2v) is 16.0. The zero-order chi connectivity index (χ0) is 36.7. The van der Waals surface area contributed by atoms with Gasteiger partial charge in [-0.15, -0.1) is 0 Å². The number of carbonyl (C=O) groups is 2. The highest BCUT2D eigenvalue weighted by Crippen LogP contribution is 2.50. The minimum Gasteiger partial charge on any atom is -0.493 e. The number of benzene rings is 1. The van der Waals surface area contributed by atoms with E-state index >= 15 is 0 Å². The quantitative estimate of drug-likeness (QED) is 0.330. The number of hydrogen-bond acceptors (Lipinski definition) is 10. The molecule has 5 rings (SSSR count). The van der Waals surface area contributed by atoms with Gasteiger partial charge in [-0.2, -0.15) is 28.8 Å². The second kappa shape index (κ2) is 17.3. The predicted molar refractivity (Wildman–Crippen MR) is 200 cm³/mol. The van der Waals surface area contributed by atoms with E-state index in [1.54, 1.807) is 41.3 Å².